The van der Waals surface area contributed by atoms with Crippen LogP contribution < -0.4 is 15.0 Å². The van der Waals surface area contributed by atoms with E-state index in [0.29, 0.717) is 28.6 Å². The number of hydrogen-bond donors (Lipinski definition) is 1. The second-order valence-corrected chi connectivity index (χ2v) is 7.61. The molecule has 0 aliphatic heterocycles. The molecular weight excluding hydrogens is 430 g/mol. The molecule has 0 aliphatic rings. The van der Waals surface area contributed by atoms with Crippen molar-refractivity contribution < 1.29 is 14.3 Å². The molecule has 8 heteroatoms. The molecule has 0 saturated carbocycles. The molecule has 0 spiro atoms. The maximum atomic E-state index is 12.9. The van der Waals surface area contributed by atoms with Gasteiger partial charge in [-0.3, -0.25) is 9.59 Å². The fourth-order valence-electron chi connectivity index (χ4n) is 3.23. The molecule has 4 aromatic rings. The highest BCUT2D eigenvalue weighted by Crippen LogP contribution is 2.32. The minimum atomic E-state index is -0.283. The number of pyridine rings is 1. The van der Waals surface area contributed by atoms with Gasteiger partial charge in [0.2, 0.25) is 11.8 Å². The Kier molecular flexibility index (Phi) is 6.59. The molecule has 170 valence electrons. The van der Waals surface area contributed by atoms with Crippen LogP contribution in [0.3, 0.4) is 0 Å². The monoisotopic (exact) mass is 453 g/mol. The minimum absolute atomic E-state index is 0.0697. The van der Waals surface area contributed by atoms with Gasteiger partial charge >= 0.3 is 0 Å². The zero-order chi connectivity index (χ0) is 24.1. The molecular formula is C26H23N5O3. The van der Waals surface area contributed by atoms with E-state index in [9.17, 15) is 9.59 Å². The van der Waals surface area contributed by atoms with E-state index in [-0.39, 0.29) is 11.8 Å². The van der Waals surface area contributed by atoms with Crippen molar-refractivity contribution >= 4 is 23.2 Å². The van der Waals surface area contributed by atoms with Gasteiger partial charge in [0.25, 0.3) is 5.91 Å². The summed E-state index contributed by atoms with van der Waals surface area (Å²) in [6.45, 7) is 3.39. The number of amides is 2. The summed E-state index contributed by atoms with van der Waals surface area (Å²) in [5.41, 5.74) is 4.05. The van der Waals surface area contributed by atoms with Crippen molar-refractivity contribution in [1.82, 2.24) is 15.0 Å². The Balaban J connectivity index is 1.54. The van der Waals surface area contributed by atoms with Gasteiger partial charge in [-0.2, -0.15) is 0 Å². The van der Waals surface area contributed by atoms with Crippen molar-refractivity contribution in [2.45, 2.75) is 13.8 Å². The Morgan fingerprint density at radius 2 is 1.76 bits per heavy atom. The number of aryl methyl sites for hydroxylation is 1. The van der Waals surface area contributed by atoms with Gasteiger partial charge in [-0.05, 0) is 67.1 Å². The maximum Gasteiger partial charge on any atom is 0.255 e. The minimum Gasteiger partial charge on any atom is -0.438 e. The van der Waals surface area contributed by atoms with E-state index < -0.39 is 0 Å². The lowest BCUT2D eigenvalue weighted by Crippen LogP contribution is -2.22. The Bertz CT molecular complexity index is 1320. The average Bonchev–Trinajstić information content (AvgIpc) is 2.86. The van der Waals surface area contributed by atoms with Crippen LogP contribution in [0.25, 0.3) is 11.3 Å². The molecule has 0 atom stereocenters. The van der Waals surface area contributed by atoms with Gasteiger partial charge in [0.05, 0.1) is 11.3 Å². The number of nitrogens with zero attached hydrogens (tertiary/aromatic N) is 4. The summed E-state index contributed by atoms with van der Waals surface area (Å²) < 4.78 is 6.11. The molecule has 2 aromatic heterocycles. The predicted molar refractivity (Wildman–Crippen MR) is 130 cm³/mol. The van der Waals surface area contributed by atoms with Crippen molar-refractivity contribution in [3.63, 3.8) is 0 Å². The molecule has 0 aliphatic carbocycles. The van der Waals surface area contributed by atoms with Crippen molar-refractivity contribution in [3.8, 4) is 22.9 Å². The third-order valence-corrected chi connectivity index (χ3v) is 5.27. The number of carbonyl (C=O) groups excluding carboxylic acids is 2. The zero-order valence-electron chi connectivity index (χ0n) is 19.0. The highest BCUT2D eigenvalue weighted by atomic mass is 16.5. The number of ether oxygens (including phenoxy) is 1. The van der Waals surface area contributed by atoms with E-state index in [0.717, 1.165) is 16.8 Å². The predicted octanol–water partition coefficient (Wildman–Crippen LogP) is 4.87. The van der Waals surface area contributed by atoms with Crippen molar-refractivity contribution in [1.29, 1.82) is 0 Å². The first kappa shape index (κ1) is 22.6. The summed E-state index contributed by atoms with van der Waals surface area (Å²) in [6, 6.07) is 17.7. The van der Waals surface area contributed by atoms with E-state index in [4.69, 9.17) is 4.74 Å². The summed E-state index contributed by atoms with van der Waals surface area (Å²) in [5.74, 6) is 0.543. The van der Waals surface area contributed by atoms with Crippen LogP contribution in [0.1, 0.15) is 22.8 Å². The Hall–Kier alpha value is -4.59. The van der Waals surface area contributed by atoms with Gasteiger partial charge in [-0.15, -0.1) is 0 Å². The van der Waals surface area contributed by atoms with E-state index in [2.05, 4.69) is 20.3 Å². The Morgan fingerprint density at radius 3 is 2.47 bits per heavy atom. The van der Waals surface area contributed by atoms with Gasteiger partial charge in [0, 0.05) is 43.3 Å². The Morgan fingerprint density at radius 1 is 0.971 bits per heavy atom. The van der Waals surface area contributed by atoms with Gasteiger partial charge in [0.15, 0.2) is 0 Å². The molecule has 0 bridgehead atoms. The second-order valence-electron chi connectivity index (χ2n) is 7.61. The number of carbonyl (C=O) groups is 2. The first-order valence-electron chi connectivity index (χ1n) is 10.6. The molecule has 0 radical (unpaired) electrons. The lowest BCUT2D eigenvalue weighted by molar-refractivity contribution is -0.116. The number of aromatic nitrogens is 3. The normalized spacial score (nSPS) is 10.4. The SMILES string of the molecule is CC(=O)N(C)c1ccc(NC(=O)c2ccc(C)c(Oc3ncccc3-c3ccncn3)c2)cc1. The van der Waals surface area contributed by atoms with Crippen LogP contribution in [0.2, 0.25) is 0 Å². The van der Waals surface area contributed by atoms with Crippen molar-refractivity contribution in [2.75, 3.05) is 17.3 Å². The van der Waals surface area contributed by atoms with Crippen LogP contribution in [-0.4, -0.2) is 33.8 Å². The maximum absolute atomic E-state index is 12.9. The smallest absolute Gasteiger partial charge is 0.255 e. The second kappa shape index (κ2) is 9.91. The van der Waals surface area contributed by atoms with Crippen LogP contribution in [0.5, 0.6) is 11.6 Å². The van der Waals surface area contributed by atoms with Gasteiger partial charge in [0.1, 0.15) is 12.1 Å². The van der Waals surface area contributed by atoms with E-state index in [1.807, 2.05) is 19.1 Å². The van der Waals surface area contributed by atoms with Crippen LogP contribution >= 0.6 is 0 Å². The summed E-state index contributed by atoms with van der Waals surface area (Å²) in [5, 5.41) is 2.87. The highest BCUT2D eigenvalue weighted by Gasteiger charge is 2.14. The third-order valence-electron chi connectivity index (χ3n) is 5.27. The Labute approximate surface area is 197 Å². The summed E-state index contributed by atoms with van der Waals surface area (Å²) >= 11 is 0. The third kappa shape index (κ3) is 5.07. The van der Waals surface area contributed by atoms with Crippen molar-refractivity contribution in [3.05, 3.63) is 90.5 Å². The standard InChI is InChI=1S/C26H23N5O3/c1-17-6-7-19(25(33)30-20-8-10-21(11-9-20)31(3)18(2)32)15-24(17)34-26-22(5-4-13-28-26)23-12-14-27-16-29-23/h4-16H,1-3H3,(H,30,33). The van der Waals surface area contributed by atoms with E-state index in [1.54, 1.807) is 68.0 Å². The number of anilines is 2. The molecule has 0 saturated heterocycles. The van der Waals surface area contributed by atoms with E-state index in [1.165, 1.54) is 18.2 Å². The number of rotatable bonds is 6. The van der Waals surface area contributed by atoms with E-state index >= 15 is 0 Å². The fourth-order valence-corrected chi connectivity index (χ4v) is 3.23. The van der Waals surface area contributed by atoms with Gasteiger partial charge < -0.3 is 15.0 Å². The molecule has 1 N–H and O–H groups in total. The molecule has 4 rings (SSSR count). The molecule has 8 nitrogen and oxygen atoms in total. The van der Waals surface area contributed by atoms with Crippen LogP contribution in [-0.2, 0) is 4.79 Å². The molecule has 2 amide bonds. The van der Waals surface area contributed by atoms with Crippen molar-refractivity contribution in [2.24, 2.45) is 0 Å². The molecule has 0 unspecified atom stereocenters. The first-order valence-corrected chi connectivity index (χ1v) is 10.6. The highest BCUT2D eigenvalue weighted by molar-refractivity contribution is 6.04. The lowest BCUT2D eigenvalue weighted by atomic mass is 10.1. The largest absolute Gasteiger partial charge is 0.438 e. The quantitative estimate of drug-likeness (QED) is 0.447. The van der Waals surface area contributed by atoms with Gasteiger partial charge in [-0.25, -0.2) is 15.0 Å². The number of hydrogen-bond acceptors (Lipinski definition) is 6. The van der Waals surface area contributed by atoms with Crippen LogP contribution in [0.15, 0.2) is 79.4 Å². The molecule has 2 aromatic carbocycles. The molecule has 0 fully saturated rings. The average molecular weight is 454 g/mol. The summed E-state index contributed by atoms with van der Waals surface area (Å²) in [6.07, 6.45) is 4.76. The zero-order valence-corrected chi connectivity index (χ0v) is 19.0. The first-order chi connectivity index (χ1) is 16.4. The lowest BCUT2D eigenvalue weighted by Gasteiger charge is -2.15. The number of nitrogens with one attached hydrogen (secondary N) is 1. The van der Waals surface area contributed by atoms with Crippen LogP contribution in [0.4, 0.5) is 11.4 Å². The topological polar surface area (TPSA) is 97.3 Å². The fraction of sp³-hybridized carbons (Fsp3) is 0.115. The van der Waals surface area contributed by atoms with Crippen LogP contribution in [0, 0.1) is 6.92 Å². The van der Waals surface area contributed by atoms with Gasteiger partial charge in [-0.1, -0.05) is 6.07 Å². The number of benzene rings is 2. The summed E-state index contributed by atoms with van der Waals surface area (Å²) in [4.78, 5) is 38.5. The molecule has 34 heavy (non-hydrogen) atoms. The molecule has 2 heterocycles. The summed E-state index contributed by atoms with van der Waals surface area (Å²) in [7, 11) is 1.70.